The normalized spacial score (nSPS) is 9.38. The Balaban J connectivity index is 2.74. The number of hydrogen-bond donors (Lipinski definition) is 1. The van der Waals surface area contributed by atoms with Gasteiger partial charge in [-0.15, -0.1) is 0 Å². The molecule has 0 bridgehead atoms. The molecule has 1 N–H and O–H groups in total. The van der Waals surface area contributed by atoms with Crippen LogP contribution in [0.25, 0.3) is 0 Å². The van der Waals surface area contributed by atoms with E-state index in [1.165, 1.54) is 26.4 Å². The second kappa shape index (κ2) is 3.75. The molecule has 0 saturated heterocycles. The minimum Gasteiger partial charge on any atom is -0.463 e. The summed E-state index contributed by atoms with van der Waals surface area (Å²) in [6.45, 7) is 1.37. The lowest BCUT2D eigenvalue weighted by molar-refractivity contribution is -0.114. The second-order valence-electron chi connectivity index (χ2n) is 2.37. The number of ether oxygens (including phenoxy) is 1. The molecule has 0 radical (unpaired) electrons. The smallest absolute Gasteiger partial charge is 0.374 e. The number of carbonyl (C=O) groups is 2. The maximum Gasteiger partial charge on any atom is 0.374 e. The van der Waals surface area contributed by atoms with Gasteiger partial charge in [0.2, 0.25) is 11.7 Å². The molecule has 0 aliphatic rings. The Morgan fingerprint density at radius 2 is 2.23 bits per heavy atom. The number of methoxy groups -OCH3 is 1. The fraction of sp³-hybridized carbons (Fsp3) is 0.250. The third-order valence-electron chi connectivity index (χ3n) is 1.31. The molecule has 5 nitrogen and oxygen atoms in total. The van der Waals surface area contributed by atoms with Crippen molar-refractivity contribution >= 4 is 17.6 Å². The summed E-state index contributed by atoms with van der Waals surface area (Å²) in [5.41, 5.74) is 0.438. The van der Waals surface area contributed by atoms with Crippen LogP contribution in [0.4, 0.5) is 5.69 Å². The van der Waals surface area contributed by atoms with Crippen LogP contribution in [0.1, 0.15) is 17.5 Å². The zero-order valence-electron chi connectivity index (χ0n) is 7.29. The van der Waals surface area contributed by atoms with Crippen molar-refractivity contribution < 1.29 is 18.7 Å². The Morgan fingerprint density at radius 1 is 1.54 bits per heavy atom. The van der Waals surface area contributed by atoms with Gasteiger partial charge >= 0.3 is 5.97 Å². The molecule has 1 aromatic heterocycles. The van der Waals surface area contributed by atoms with Crippen molar-refractivity contribution in [1.29, 1.82) is 0 Å². The molecule has 0 aliphatic heterocycles. The first-order chi connectivity index (χ1) is 6.13. The van der Waals surface area contributed by atoms with Gasteiger partial charge in [-0.05, 0) is 0 Å². The van der Waals surface area contributed by atoms with Crippen molar-refractivity contribution in [2.24, 2.45) is 0 Å². The molecular weight excluding hydrogens is 174 g/mol. The summed E-state index contributed by atoms with van der Waals surface area (Å²) in [6, 6.07) is 1.40. The van der Waals surface area contributed by atoms with E-state index in [0.717, 1.165) is 0 Å². The van der Waals surface area contributed by atoms with E-state index in [4.69, 9.17) is 4.42 Å². The third kappa shape index (κ3) is 2.33. The number of carbonyl (C=O) groups excluding carboxylic acids is 2. The first-order valence-electron chi connectivity index (χ1n) is 3.58. The lowest BCUT2D eigenvalue weighted by atomic mass is 10.4. The summed E-state index contributed by atoms with van der Waals surface area (Å²) < 4.78 is 9.24. The predicted octanol–water partition coefficient (Wildman–Crippen LogP) is 1.02. The Labute approximate surface area is 74.7 Å². The molecule has 5 heteroatoms. The Morgan fingerprint density at radius 3 is 2.77 bits per heavy atom. The summed E-state index contributed by atoms with van der Waals surface area (Å²) in [5.74, 6) is -0.736. The molecule has 1 aromatic rings. The topological polar surface area (TPSA) is 68.5 Å². The van der Waals surface area contributed by atoms with E-state index in [9.17, 15) is 9.59 Å². The molecule has 13 heavy (non-hydrogen) atoms. The summed E-state index contributed by atoms with van der Waals surface area (Å²) in [5, 5.41) is 2.46. The number of nitrogens with one attached hydrogen (secondary N) is 1. The van der Waals surface area contributed by atoms with Gasteiger partial charge in [0.1, 0.15) is 6.26 Å². The van der Waals surface area contributed by atoms with Crippen LogP contribution in [-0.4, -0.2) is 19.0 Å². The van der Waals surface area contributed by atoms with E-state index in [1.807, 2.05) is 0 Å². The Bertz CT molecular complexity index is 329. The number of esters is 1. The highest BCUT2D eigenvalue weighted by Gasteiger charge is 2.10. The van der Waals surface area contributed by atoms with Crippen LogP contribution >= 0.6 is 0 Å². The van der Waals surface area contributed by atoms with Gasteiger partial charge in [0, 0.05) is 13.0 Å². The number of hydrogen-bond acceptors (Lipinski definition) is 4. The van der Waals surface area contributed by atoms with E-state index in [2.05, 4.69) is 10.1 Å². The van der Waals surface area contributed by atoms with Gasteiger partial charge in [-0.25, -0.2) is 4.79 Å². The molecule has 70 valence electrons. The highest BCUT2D eigenvalue weighted by molar-refractivity contribution is 5.91. The lowest BCUT2D eigenvalue weighted by Gasteiger charge is -1.93. The quantitative estimate of drug-likeness (QED) is 0.695. The van der Waals surface area contributed by atoms with E-state index in [-0.39, 0.29) is 11.7 Å². The molecule has 0 saturated carbocycles. The van der Waals surface area contributed by atoms with Crippen molar-refractivity contribution in [2.75, 3.05) is 12.4 Å². The maximum absolute atomic E-state index is 10.9. The number of anilines is 1. The fourth-order valence-corrected chi connectivity index (χ4v) is 0.813. The van der Waals surface area contributed by atoms with Crippen molar-refractivity contribution in [1.82, 2.24) is 0 Å². The van der Waals surface area contributed by atoms with Crippen LogP contribution in [0.5, 0.6) is 0 Å². The minimum atomic E-state index is -0.573. The molecule has 0 spiro atoms. The molecule has 0 atom stereocenters. The van der Waals surface area contributed by atoms with Crippen molar-refractivity contribution in [3.8, 4) is 0 Å². The van der Waals surface area contributed by atoms with Crippen molar-refractivity contribution in [3.63, 3.8) is 0 Å². The standard InChI is InChI=1S/C8H9NO4/c1-5(10)9-6-3-7(13-4-6)8(11)12-2/h3-4H,1-2H3,(H,9,10). The zero-order chi connectivity index (χ0) is 9.84. The molecule has 1 heterocycles. The fourth-order valence-electron chi connectivity index (χ4n) is 0.813. The minimum absolute atomic E-state index is 0.0613. The van der Waals surface area contributed by atoms with Gasteiger partial charge in [0.05, 0.1) is 12.8 Å². The second-order valence-corrected chi connectivity index (χ2v) is 2.37. The molecule has 0 aliphatic carbocycles. The first kappa shape index (κ1) is 9.31. The van der Waals surface area contributed by atoms with E-state index >= 15 is 0 Å². The number of amides is 1. The summed E-state index contributed by atoms with van der Waals surface area (Å²) >= 11 is 0. The highest BCUT2D eigenvalue weighted by atomic mass is 16.5. The summed E-state index contributed by atoms with van der Waals surface area (Å²) in [4.78, 5) is 21.5. The summed E-state index contributed by atoms with van der Waals surface area (Å²) in [6.07, 6.45) is 1.27. The van der Waals surface area contributed by atoms with Crippen LogP contribution in [-0.2, 0) is 9.53 Å². The first-order valence-corrected chi connectivity index (χ1v) is 3.58. The highest BCUT2D eigenvalue weighted by Crippen LogP contribution is 2.13. The van der Waals surface area contributed by atoms with Gasteiger partial charge in [0.15, 0.2) is 0 Å². The molecular formula is C8H9NO4. The van der Waals surface area contributed by atoms with Crippen LogP contribution < -0.4 is 5.32 Å². The van der Waals surface area contributed by atoms with Crippen LogP contribution in [0.2, 0.25) is 0 Å². The maximum atomic E-state index is 10.9. The molecule has 0 aromatic carbocycles. The van der Waals surface area contributed by atoms with E-state index in [0.29, 0.717) is 5.69 Å². The van der Waals surface area contributed by atoms with Crippen molar-refractivity contribution in [3.05, 3.63) is 18.1 Å². The Hall–Kier alpha value is -1.78. The van der Waals surface area contributed by atoms with Gasteiger partial charge in [-0.1, -0.05) is 0 Å². The Kier molecular flexibility index (Phi) is 2.69. The largest absolute Gasteiger partial charge is 0.463 e. The van der Waals surface area contributed by atoms with E-state index in [1.54, 1.807) is 0 Å². The van der Waals surface area contributed by atoms with Gasteiger partial charge < -0.3 is 14.5 Å². The molecule has 1 amide bonds. The van der Waals surface area contributed by atoms with Gasteiger partial charge in [0.25, 0.3) is 0 Å². The van der Waals surface area contributed by atoms with Gasteiger partial charge in [-0.3, -0.25) is 4.79 Å². The molecule has 1 rings (SSSR count). The summed E-state index contributed by atoms with van der Waals surface area (Å²) in [7, 11) is 1.25. The molecule has 0 fully saturated rings. The molecule has 0 unspecified atom stereocenters. The van der Waals surface area contributed by atoms with E-state index < -0.39 is 5.97 Å². The van der Waals surface area contributed by atoms with Crippen molar-refractivity contribution in [2.45, 2.75) is 6.92 Å². The van der Waals surface area contributed by atoms with Gasteiger partial charge in [-0.2, -0.15) is 0 Å². The number of rotatable bonds is 2. The monoisotopic (exact) mass is 183 g/mol. The zero-order valence-corrected chi connectivity index (χ0v) is 7.29. The van der Waals surface area contributed by atoms with Crippen LogP contribution in [0, 0.1) is 0 Å². The number of furan rings is 1. The average molecular weight is 183 g/mol. The lowest BCUT2D eigenvalue weighted by Crippen LogP contribution is -2.04. The van der Waals surface area contributed by atoms with Crippen LogP contribution in [0.15, 0.2) is 16.7 Å². The third-order valence-corrected chi connectivity index (χ3v) is 1.31. The SMILES string of the molecule is COC(=O)c1cc(NC(C)=O)co1. The predicted molar refractivity (Wildman–Crippen MR) is 44.4 cm³/mol. The average Bonchev–Trinajstić information content (AvgIpc) is 2.50. The van der Waals surface area contributed by atoms with Crippen LogP contribution in [0.3, 0.4) is 0 Å².